The lowest BCUT2D eigenvalue weighted by molar-refractivity contribution is -0.137. The number of imide groups is 1. The maximum Gasteiger partial charge on any atom is 0.249 e. The van der Waals surface area contributed by atoms with Gasteiger partial charge in [0.1, 0.15) is 11.3 Å². The van der Waals surface area contributed by atoms with Crippen molar-refractivity contribution in [1.82, 2.24) is 10.6 Å². The molecule has 0 radical (unpaired) electrons. The molecule has 2 N–H and O–H groups in total. The second kappa shape index (κ2) is 4.82. The number of rotatable bonds is 3. The van der Waals surface area contributed by atoms with E-state index in [1.165, 1.54) is 6.92 Å². The molecular formula is C9H14N2O5S. The van der Waals surface area contributed by atoms with Crippen molar-refractivity contribution in [3.8, 4) is 0 Å². The molecule has 2 atom stereocenters. The van der Waals surface area contributed by atoms with E-state index in [1.807, 2.05) is 0 Å². The summed E-state index contributed by atoms with van der Waals surface area (Å²) in [4.78, 5) is 33.7. The lowest BCUT2D eigenvalue weighted by atomic mass is 10.1. The number of sulfone groups is 1. The standard InChI is InChI=1S/C9H14N2O5S/c1-5(17(2,15)16)8(13)10-6-3-4-7(12)11-9(6)14/h5-6H,3-4H2,1-2H3,(H,10,13)(H,11,12,14). The van der Waals surface area contributed by atoms with E-state index in [-0.39, 0.29) is 12.8 Å². The van der Waals surface area contributed by atoms with Gasteiger partial charge in [-0.3, -0.25) is 19.7 Å². The van der Waals surface area contributed by atoms with Gasteiger partial charge >= 0.3 is 0 Å². The highest BCUT2D eigenvalue weighted by Gasteiger charge is 2.31. The topological polar surface area (TPSA) is 109 Å². The van der Waals surface area contributed by atoms with Crippen LogP contribution in [0.25, 0.3) is 0 Å². The first-order valence-corrected chi connectivity index (χ1v) is 7.00. The van der Waals surface area contributed by atoms with Crippen molar-refractivity contribution in [2.24, 2.45) is 0 Å². The molecule has 2 unspecified atom stereocenters. The van der Waals surface area contributed by atoms with Crippen molar-refractivity contribution in [1.29, 1.82) is 0 Å². The van der Waals surface area contributed by atoms with Crippen molar-refractivity contribution in [2.45, 2.75) is 31.1 Å². The molecule has 8 heteroatoms. The van der Waals surface area contributed by atoms with E-state index in [0.717, 1.165) is 6.26 Å². The summed E-state index contributed by atoms with van der Waals surface area (Å²) < 4.78 is 22.3. The molecule has 0 aliphatic carbocycles. The molecule has 0 aromatic heterocycles. The molecule has 0 aromatic carbocycles. The zero-order valence-electron chi connectivity index (χ0n) is 9.52. The number of hydrogen-bond acceptors (Lipinski definition) is 5. The summed E-state index contributed by atoms with van der Waals surface area (Å²) in [5, 5.41) is 3.17. The van der Waals surface area contributed by atoms with E-state index < -0.39 is 38.9 Å². The smallest absolute Gasteiger partial charge is 0.249 e. The van der Waals surface area contributed by atoms with Crippen molar-refractivity contribution in [3.63, 3.8) is 0 Å². The molecule has 1 rings (SSSR count). The van der Waals surface area contributed by atoms with Crippen LogP contribution in [0.4, 0.5) is 0 Å². The highest BCUT2D eigenvalue weighted by molar-refractivity contribution is 7.92. The SMILES string of the molecule is CC(C(=O)NC1CCC(=O)NC1=O)S(C)(=O)=O. The van der Waals surface area contributed by atoms with Crippen LogP contribution in [0, 0.1) is 0 Å². The molecule has 1 aliphatic heterocycles. The van der Waals surface area contributed by atoms with Crippen molar-refractivity contribution in [2.75, 3.05) is 6.26 Å². The van der Waals surface area contributed by atoms with E-state index in [9.17, 15) is 22.8 Å². The van der Waals surface area contributed by atoms with E-state index in [0.29, 0.717) is 0 Å². The minimum Gasteiger partial charge on any atom is -0.343 e. The third kappa shape index (κ3) is 3.52. The van der Waals surface area contributed by atoms with Crippen LogP contribution in [-0.2, 0) is 24.2 Å². The Hall–Kier alpha value is -1.44. The number of amides is 3. The Kier molecular flexibility index (Phi) is 3.87. The van der Waals surface area contributed by atoms with Gasteiger partial charge < -0.3 is 5.32 Å². The lowest BCUT2D eigenvalue weighted by Gasteiger charge is -2.22. The summed E-state index contributed by atoms with van der Waals surface area (Å²) in [6.45, 7) is 1.25. The highest BCUT2D eigenvalue weighted by atomic mass is 32.2. The van der Waals surface area contributed by atoms with Crippen molar-refractivity contribution >= 4 is 27.6 Å². The van der Waals surface area contributed by atoms with Crippen LogP contribution in [0.3, 0.4) is 0 Å². The van der Waals surface area contributed by atoms with Gasteiger partial charge in [-0.15, -0.1) is 0 Å². The van der Waals surface area contributed by atoms with Gasteiger partial charge in [-0.2, -0.15) is 0 Å². The van der Waals surface area contributed by atoms with Gasteiger partial charge in [0.05, 0.1) is 0 Å². The summed E-state index contributed by atoms with van der Waals surface area (Å²) in [5.74, 6) is -1.73. The van der Waals surface area contributed by atoms with E-state index in [1.54, 1.807) is 0 Å². The normalized spacial score (nSPS) is 22.8. The highest BCUT2D eigenvalue weighted by Crippen LogP contribution is 2.06. The molecular weight excluding hydrogens is 248 g/mol. The summed E-state index contributed by atoms with van der Waals surface area (Å²) >= 11 is 0. The second-order valence-electron chi connectivity index (χ2n) is 3.98. The molecule has 1 heterocycles. The van der Waals surface area contributed by atoms with Crippen molar-refractivity contribution in [3.05, 3.63) is 0 Å². The maximum atomic E-state index is 11.5. The Morgan fingerprint density at radius 3 is 2.53 bits per heavy atom. The van der Waals surface area contributed by atoms with Crippen LogP contribution in [0.5, 0.6) is 0 Å². The summed E-state index contributed by atoms with van der Waals surface area (Å²) in [6.07, 6.45) is 1.26. The molecule has 0 saturated carbocycles. The Morgan fingerprint density at radius 2 is 2.06 bits per heavy atom. The molecule has 1 aliphatic rings. The van der Waals surface area contributed by atoms with Gasteiger partial charge in [-0.05, 0) is 13.3 Å². The zero-order valence-corrected chi connectivity index (χ0v) is 10.3. The molecule has 7 nitrogen and oxygen atoms in total. The fraction of sp³-hybridized carbons (Fsp3) is 0.667. The summed E-state index contributed by atoms with van der Waals surface area (Å²) in [7, 11) is -3.49. The number of hydrogen-bond donors (Lipinski definition) is 2. The van der Waals surface area contributed by atoms with Gasteiger partial charge in [-0.1, -0.05) is 0 Å². The molecule has 0 aromatic rings. The van der Waals surface area contributed by atoms with Gasteiger partial charge in [0, 0.05) is 12.7 Å². The fourth-order valence-electron chi connectivity index (χ4n) is 1.31. The minimum atomic E-state index is -3.49. The van der Waals surface area contributed by atoms with E-state index in [4.69, 9.17) is 0 Å². The molecule has 0 spiro atoms. The van der Waals surface area contributed by atoms with Crippen LogP contribution in [-0.4, -0.2) is 43.7 Å². The monoisotopic (exact) mass is 262 g/mol. The molecule has 0 bridgehead atoms. The third-order valence-corrected chi connectivity index (χ3v) is 4.07. The van der Waals surface area contributed by atoms with Crippen LogP contribution < -0.4 is 10.6 Å². The number of piperidine rings is 1. The Labute approximate surface area is 98.9 Å². The average Bonchev–Trinajstić information content (AvgIpc) is 2.19. The van der Waals surface area contributed by atoms with Gasteiger partial charge in [0.2, 0.25) is 17.7 Å². The Morgan fingerprint density at radius 1 is 1.47 bits per heavy atom. The first kappa shape index (κ1) is 13.6. The summed E-state index contributed by atoms with van der Waals surface area (Å²) in [6, 6.07) is -0.843. The average molecular weight is 262 g/mol. The van der Waals surface area contributed by atoms with Crippen LogP contribution in [0.1, 0.15) is 19.8 Å². The molecule has 96 valence electrons. The van der Waals surface area contributed by atoms with Crippen molar-refractivity contribution < 1.29 is 22.8 Å². The first-order chi connectivity index (χ1) is 7.71. The van der Waals surface area contributed by atoms with E-state index >= 15 is 0 Å². The first-order valence-electron chi connectivity index (χ1n) is 5.04. The Bertz CT molecular complexity index is 456. The third-order valence-electron chi connectivity index (χ3n) is 2.57. The predicted molar refractivity (Wildman–Crippen MR) is 58.6 cm³/mol. The lowest BCUT2D eigenvalue weighted by Crippen LogP contribution is -2.54. The van der Waals surface area contributed by atoms with Gasteiger partial charge in [-0.25, -0.2) is 8.42 Å². The fourth-order valence-corrected chi connectivity index (χ4v) is 1.77. The number of nitrogens with one attached hydrogen (secondary N) is 2. The van der Waals surface area contributed by atoms with Gasteiger partial charge in [0.25, 0.3) is 0 Å². The van der Waals surface area contributed by atoms with Crippen LogP contribution >= 0.6 is 0 Å². The van der Waals surface area contributed by atoms with Gasteiger partial charge in [0.15, 0.2) is 9.84 Å². The molecule has 17 heavy (non-hydrogen) atoms. The maximum absolute atomic E-state index is 11.5. The predicted octanol–water partition coefficient (Wildman–Crippen LogP) is -1.66. The minimum absolute atomic E-state index is 0.129. The van der Waals surface area contributed by atoms with Crippen LogP contribution in [0.2, 0.25) is 0 Å². The quantitative estimate of drug-likeness (QED) is 0.592. The number of carbonyl (C=O) groups is 3. The second-order valence-corrected chi connectivity index (χ2v) is 6.35. The largest absolute Gasteiger partial charge is 0.343 e. The number of carbonyl (C=O) groups excluding carboxylic acids is 3. The van der Waals surface area contributed by atoms with E-state index in [2.05, 4.69) is 10.6 Å². The molecule has 1 saturated heterocycles. The summed E-state index contributed by atoms with van der Waals surface area (Å²) in [5.41, 5.74) is 0. The molecule has 3 amide bonds. The zero-order chi connectivity index (χ0) is 13.2. The van der Waals surface area contributed by atoms with Crippen LogP contribution in [0.15, 0.2) is 0 Å². The Balaban J connectivity index is 2.64. The molecule has 1 fully saturated rings.